The van der Waals surface area contributed by atoms with E-state index >= 15 is 0 Å². The lowest BCUT2D eigenvalue weighted by atomic mass is 10.1. The van der Waals surface area contributed by atoms with Gasteiger partial charge in [-0.05, 0) is 24.6 Å². The molecule has 0 aromatic heterocycles. The van der Waals surface area contributed by atoms with Crippen molar-refractivity contribution in [2.45, 2.75) is 13.0 Å². The first kappa shape index (κ1) is 11.5. The van der Waals surface area contributed by atoms with Crippen LogP contribution in [-0.2, 0) is 0 Å². The minimum Gasteiger partial charge on any atom is -0.384 e. The van der Waals surface area contributed by atoms with Gasteiger partial charge in [0.1, 0.15) is 0 Å². The van der Waals surface area contributed by atoms with Crippen LogP contribution in [0.2, 0.25) is 0 Å². The van der Waals surface area contributed by atoms with Crippen molar-refractivity contribution in [2.24, 2.45) is 0 Å². The van der Waals surface area contributed by atoms with Crippen molar-refractivity contribution in [2.75, 3.05) is 6.54 Å². The first-order chi connectivity index (χ1) is 7.19. The number of hydrogen-bond acceptors (Lipinski definition) is 2. The lowest BCUT2D eigenvalue weighted by Crippen LogP contribution is -2.22. The van der Waals surface area contributed by atoms with E-state index in [1.54, 1.807) is 24.3 Å². The molecule has 2 N–H and O–H groups in total. The second-order valence-corrected chi connectivity index (χ2v) is 3.17. The third-order valence-electron chi connectivity index (χ3n) is 2.05. The second kappa shape index (κ2) is 5.32. The smallest absolute Gasteiger partial charge is 0.251 e. The number of nitrogens with one attached hydrogen (secondary N) is 1. The number of amides is 1. The molecule has 0 fully saturated rings. The van der Waals surface area contributed by atoms with Crippen LogP contribution in [0, 0.1) is 0 Å². The van der Waals surface area contributed by atoms with Gasteiger partial charge < -0.3 is 10.4 Å². The van der Waals surface area contributed by atoms with E-state index in [1.165, 1.54) is 6.08 Å². The molecule has 1 amide bonds. The summed E-state index contributed by atoms with van der Waals surface area (Å²) < 4.78 is 0. The monoisotopic (exact) mass is 205 g/mol. The number of hydrogen-bond donors (Lipinski definition) is 2. The molecule has 0 spiro atoms. The minimum absolute atomic E-state index is 0.129. The normalized spacial score (nSPS) is 11.9. The fourth-order valence-corrected chi connectivity index (χ4v) is 1.26. The van der Waals surface area contributed by atoms with Crippen LogP contribution in [0.1, 0.15) is 28.9 Å². The van der Waals surface area contributed by atoms with Crippen LogP contribution in [0.5, 0.6) is 0 Å². The Kier molecular flexibility index (Phi) is 4.06. The molecule has 0 aliphatic heterocycles. The number of benzene rings is 1. The third kappa shape index (κ3) is 2.92. The minimum atomic E-state index is -0.723. The Balaban J connectivity index is 2.91. The largest absolute Gasteiger partial charge is 0.384 e. The third-order valence-corrected chi connectivity index (χ3v) is 2.05. The summed E-state index contributed by atoms with van der Waals surface area (Å²) in [5.41, 5.74) is 1.23. The van der Waals surface area contributed by atoms with Gasteiger partial charge in [0.2, 0.25) is 0 Å². The van der Waals surface area contributed by atoms with Crippen LogP contribution < -0.4 is 5.32 Å². The van der Waals surface area contributed by atoms with E-state index in [4.69, 9.17) is 0 Å². The number of aliphatic hydroxyl groups is 1. The van der Waals surface area contributed by atoms with E-state index in [2.05, 4.69) is 11.9 Å². The van der Waals surface area contributed by atoms with Gasteiger partial charge in [-0.1, -0.05) is 18.2 Å². The van der Waals surface area contributed by atoms with Gasteiger partial charge in [0, 0.05) is 12.1 Å². The van der Waals surface area contributed by atoms with E-state index in [1.807, 2.05) is 6.92 Å². The van der Waals surface area contributed by atoms with Crippen LogP contribution in [0.4, 0.5) is 0 Å². The van der Waals surface area contributed by atoms with Gasteiger partial charge in [0.05, 0.1) is 6.10 Å². The Labute approximate surface area is 89.4 Å². The van der Waals surface area contributed by atoms with Crippen molar-refractivity contribution in [3.8, 4) is 0 Å². The lowest BCUT2D eigenvalue weighted by molar-refractivity contribution is 0.0955. The van der Waals surface area contributed by atoms with Gasteiger partial charge >= 0.3 is 0 Å². The van der Waals surface area contributed by atoms with Crippen molar-refractivity contribution >= 4 is 5.91 Å². The number of carbonyl (C=O) groups excluding carboxylic acids is 1. The molecule has 0 bridgehead atoms. The van der Waals surface area contributed by atoms with E-state index in [0.29, 0.717) is 17.7 Å². The highest BCUT2D eigenvalue weighted by molar-refractivity contribution is 5.94. The van der Waals surface area contributed by atoms with Gasteiger partial charge in [0.15, 0.2) is 0 Å². The molecule has 1 aromatic carbocycles. The first-order valence-corrected chi connectivity index (χ1v) is 4.87. The van der Waals surface area contributed by atoms with Crippen molar-refractivity contribution < 1.29 is 9.90 Å². The zero-order valence-corrected chi connectivity index (χ0v) is 8.73. The van der Waals surface area contributed by atoms with Gasteiger partial charge in [-0.3, -0.25) is 4.79 Å². The van der Waals surface area contributed by atoms with E-state index in [9.17, 15) is 9.90 Å². The maximum atomic E-state index is 11.5. The molecule has 1 rings (SSSR count). The SMILES string of the molecule is C=CC(O)c1cccc(C(=O)NCC)c1. The molecule has 0 aliphatic carbocycles. The molecule has 0 heterocycles. The highest BCUT2D eigenvalue weighted by Gasteiger charge is 2.07. The zero-order valence-electron chi connectivity index (χ0n) is 8.73. The molecular weight excluding hydrogens is 190 g/mol. The quantitative estimate of drug-likeness (QED) is 0.734. The van der Waals surface area contributed by atoms with Crippen molar-refractivity contribution in [3.63, 3.8) is 0 Å². The molecule has 1 unspecified atom stereocenters. The van der Waals surface area contributed by atoms with Gasteiger partial charge in [-0.15, -0.1) is 6.58 Å². The standard InChI is InChI=1S/C12H15NO2/c1-3-11(14)9-6-5-7-10(8-9)12(15)13-4-2/h3,5-8,11,14H,1,4H2,2H3,(H,13,15). The summed E-state index contributed by atoms with van der Waals surface area (Å²) >= 11 is 0. The Hall–Kier alpha value is -1.61. The highest BCUT2D eigenvalue weighted by atomic mass is 16.3. The van der Waals surface area contributed by atoms with Crippen LogP contribution in [0.3, 0.4) is 0 Å². The molecular formula is C12H15NO2. The van der Waals surface area contributed by atoms with E-state index < -0.39 is 6.10 Å². The molecule has 0 aliphatic rings. The van der Waals surface area contributed by atoms with Crippen LogP contribution in [0.25, 0.3) is 0 Å². The predicted molar refractivity (Wildman–Crippen MR) is 59.6 cm³/mol. The Morgan fingerprint density at radius 3 is 3.00 bits per heavy atom. The fraction of sp³-hybridized carbons (Fsp3) is 0.250. The molecule has 0 radical (unpaired) electrons. The van der Waals surface area contributed by atoms with E-state index in [0.717, 1.165) is 0 Å². The lowest BCUT2D eigenvalue weighted by Gasteiger charge is -2.07. The highest BCUT2D eigenvalue weighted by Crippen LogP contribution is 2.15. The van der Waals surface area contributed by atoms with Gasteiger partial charge in [-0.2, -0.15) is 0 Å². The van der Waals surface area contributed by atoms with Gasteiger partial charge in [0.25, 0.3) is 5.91 Å². The molecule has 3 nitrogen and oxygen atoms in total. The maximum absolute atomic E-state index is 11.5. The molecule has 80 valence electrons. The summed E-state index contributed by atoms with van der Waals surface area (Å²) in [6, 6.07) is 6.88. The van der Waals surface area contributed by atoms with Crippen LogP contribution >= 0.6 is 0 Å². The summed E-state index contributed by atoms with van der Waals surface area (Å²) in [6.45, 7) is 5.95. The molecule has 3 heteroatoms. The molecule has 1 atom stereocenters. The Bertz CT molecular complexity index is 360. The van der Waals surface area contributed by atoms with Crippen molar-refractivity contribution in [1.29, 1.82) is 0 Å². The van der Waals surface area contributed by atoms with Crippen LogP contribution in [0.15, 0.2) is 36.9 Å². The first-order valence-electron chi connectivity index (χ1n) is 4.87. The number of aliphatic hydroxyl groups excluding tert-OH is 1. The van der Waals surface area contributed by atoms with Crippen molar-refractivity contribution in [1.82, 2.24) is 5.32 Å². The summed E-state index contributed by atoms with van der Waals surface area (Å²) in [5.74, 6) is -0.129. The van der Waals surface area contributed by atoms with Crippen molar-refractivity contribution in [3.05, 3.63) is 48.0 Å². The predicted octanol–water partition coefficient (Wildman–Crippen LogP) is 1.66. The molecule has 0 saturated heterocycles. The number of rotatable bonds is 4. The molecule has 0 saturated carbocycles. The van der Waals surface area contributed by atoms with E-state index in [-0.39, 0.29) is 5.91 Å². The average molecular weight is 205 g/mol. The Morgan fingerprint density at radius 2 is 2.40 bits per heavy atom. The van der Waals surface area contributed by atoms with Gasteiger partial charge in [-0.25, -0.2) is 0 Å². The second-order valence-electron chi connectivity index (χ2n) is 3.17. The zero-order chi connectivity index (χ0) is 11.3. The summed E-state index contributed by atoms with van der Waals surface area (Å²) in [4.78, 5) is 11.5. The summed E-state index contributed by atoms with van der Waals surface area (Å²) in [6.07, 6.45) is 0.705. The maximum Gasteiger partial charge on any atom is 0.251 e. The van der Waals surface area contributed by atoms with Crippen LogP contribution in [-0.4, -0.2) is 17.6 Å². The number of carbonyl (C=O) groups is 1. The molecule has 15 heavy (non-hydrogen) atoms. The fourth-order valence-electron chi connectivity index (χ4n) is 1.26. The average Bonchev–Trinajstić information content (AvgIpc) is 2.28. The Morgan fingerprint density at radius 1 is 1.67 bits per heavy atom. The summed E-state index contributed by atoms with van der Waals surface area (Å²) in [5, 5.41) is 12.2. The molecule has 1 aromatic rings. The summed E-state index contributed by atoms with van der Waals surface area (Å²) in [7, 11) is 0. The topological polar surface area (TPSA) is 49.3 Å².